The fraction of sp³-hybridized carbons (Fsp3) is 0.172. The van der Waals surface area contributed by atoms with Gasteiger partial charge in [0.2, 0.25) is 0 Å². The van der Waals surface area contributed by atoms with Crippen molar-refractivity contribution >= 4 is 5.69 Å². The number of phenolic OH excluding ortho intramolecular Hbond substituents is 1. The Kier molecular flexibility index (Phi) is 7.75. The maximum absolute atomic E-state index is 11.4. The number of hydrogen-bond donors (Lipinski definition) is 3. The van der Waals surface area contributed by atoms with Crippen LogP contribution in [0.1, 0.15) is 0 Å². The first-order valence-corrected chi connectivity index (χ1v) is 11.3. The Bertz CT molecular complexity index is 1220. The molecule has 0 fully saturated rings. The average Bonchev–Trinajstić information content (AvgIpc) is 2.91. The van der Waals surface area contributed by atoms with Crippen molar-refractivity contribution in [2.45, 2.75) is 6.10 Å². The fourth-order valence-electron chi connectivity index (χ4n) is 3.79. The van der Waals surface area contributed by atoms with Crippen LogP contribution < -0.4 is 19.5 Å². The lowest BCUT2D eigenvalue weighted by atomic mass is 9.95. The van der Waals surface area contributed by atoms with Crippen LogP contribution in [0.15, 0.2) is 91.0 Å². The standard InChI is InChI=1S/C29H29NO5/c1-33-23-12-8-20(9-13-23)26-16-17-27(28(29(26)32)21-10-14-24(34-2)15-11-21)30-18-22(31)19-35-25-6-4-3-5-7-25/h3-17,22,30-32H,18-19H2,1-2H3/t22-/m0/s1. The number of aromatic hydroxyl groups is 1. The maximum atomic E-state index is 11.4. The van der Waals surface area contributed by atoms with Crippen LogP contribution in [0.5, 0.6) is 23.0 Å². The van der Waals surface area contributed by atoms with Gasteiger partial charge in [0.1, 0.15) is 35.7 Å². The van der Waals surface area contributed by atoms with E-state index in [4.69, 9.17) is 14.2 Å². The predicted molar refractivity (Wildman–Crippen MR) is 139 cm³/mol. The van der Waals surface area contributed by atoms with Crippen molar-refractivity contribution in [1.82, 2.24) is 0 Å². The summed E-state index contributed by atoms with van der Waals surface area (Å²) in [6, 6.07) is 28.1. The van der Waals surface area contributed by atoms with Crippen LogP contribution in [-0.2, 0) is 0 Å². The zero-order valence-corrected chi connectivity index (χ0v) is 19.8. The highest BCUT2D eigenvalue weighted by atomic mass is 16.5. The SMILES string of the molecule is COc1ccc(-c2ccc(NC[C@H](O)COc3ccccc3)c(-c3ccc(OC)cc3)c2O)cc1. The van der Waals surface area contributed by atoms with E-state index in [-0.39, 0.29) is 18.9 Å². The Morgan fingerprint density at radius 1 is 0.714 bits per heavy atom. The molecule has 4 aromatic rings. The van der Waals surface area contributed by atoms with Crippen molar-refractivity contribution in [1.29, 1.82) is 0 Å². The highest BCUT2D eigenvalue weighted by Gasteiger charge is 2.17. The van der Waals surface area contributed by atoms with E-state index in [1.807, 2.05) is 91.0 Å². The average molecular weight is 472 g/mol. The molecule has 6 heteroatoms. The zero-order valence-electron chi connectivity index (χ0n) is 19.8. The van der Waals surface area contributed by atoms with Gasteiger partial charge in [-0.1, -0.05) is 42.5 Å². The molecule has 0 aliphatic rings. The Balaban J connectivity index is 1.60. The topological polar surface area (TPSA) is 80.2 Å². The molecular formula is C29H29NO5. The highest BCUT2D eigenvalue weighted by molar-refractivity contribution is 5.90. The molecule has 35 heavy (non-hydrogen) atoms. The van der Waals surface area contributed by atoms with Crippen molar-refractivity contribution < 1.29 is 24.4 Å². The smallest absolute Gasteiger partial charge is 0.133 e. The summed E-state index contributed by atoms with van der Waals surface area (Å²) in [6.07, 6.45) is -0.748. The molecular weight excluding hydrogens is 442 g/mol. The number of benzene rings is 4. The van der Waals surface area contributed by atoms with Crippen LogP contribution in [0.2, 0.25) is 0 Å². The van der Waals surface area contributed by atoms with Crippen LogP contribution in [0, 0.1) is 0 Å². The number of phenols is 1. The van der Waals surface area contributed by atoms with Crippen LogP contribution in [-0.4, -0.2) is 43.7 Å². The van der Waals surface area contributed by atoms with Gasteiger partial charge in [-0.3, -0.25) is 0 Å². The van der Waals surface area contributed by atoms with Gasteiger partial charge >= 0.3 is 0 Å². The van der Waals surface area contributed by atoms with Gasteiger partial charge < -0.3 is 29.7 Å². The van der Waals surface area contributed by atoms with E-state index in [1.54, 1.807) is 14.2 Å². The summed E-state index contributed by atoms with van der Waals surface area (Å²) >= 11 is 0. The molecule has 0 spiro atoms. The largest absolute Gasteiger partial charge is 0.507 e. The summed E-state index contributed by atoms with van der Waals surface area (Å²) in [4.78, 5) is 0. The molecule has 6 nitrogen and oxygen atoms in total. The predicted octanol–water partition coefficient (Wildman–Crippen LogP) is 5.60. The number of nitrogens with one attached hydrogen (secondary N) is 1. The molecule has 0 bridgehead atoms. The Morgan fingerprint density at radius 3 is 1.91 bits per heavy atom. The summed E-state index contributed by atoms with van der Waals surface area (Å²) in [5.74, 6) is 2.31. The summed E-state index contributed by atoms with van der Waals surface area (Å²) < 4.78 is 16.2. The Morgan fingerprint density at radius 2 is 1.31 bits per heavy atom. The molecule has 0 saturated carbocycles. The van der Waals surface area contributed by atoms with E-state index in [2.05, 4.69) is 5.32 Å². The fourth-order valence-corrected chi connectivity index (χ4v) is 3.79. The number of aliphatic hydroxyl groups excluding tert-OH is 1. The first-order valence-electron chi connectivity index (χ1n) is 11.3. The lowest BCUT2D eigenvalue weighted by Crippen LogP contribution is -2.26. The second-order valence-electron chi connectivity index (χ2n) is 8.00. The van der Waals surface area contributed by atoms with Crippen LogP contribution >= 0.6 is 0 Å². The Labute approximate surface area is 205 Å². The van der Waals surface area contributed by atoms with E-state index >= 15 is 0 Å². The molecule has 0 radical (unpaired) electrons. The van der Waals surface area contributed by atoms with Gasteiger partial charge in [0.05, 0.1) is 14.2 Å². The normalized spacial score (nSPS) is 11.5. The van der Waals surface area contributed by atoms with Gasteiger partial charge in [0.15, 0.2) is 0 Å². The second kappa shape index (κ2) is 11.3. The third-order valence-corrected chi connectivity index (χ3v) is 5.67. The lowest BCUT2D eigenvalue weighted by Gasteiger charge is -2.19. The molecule has 0 aromatic heterocycles. The number of hydrogen-bond acceptors (Lipinski definition) is 6. The summed E-state index contributed by atoms with van der Waals surface area (Å²) in [6.45, 7) is 0.391. The van der Waals surface area contributed by atoms with Crippen molar-refractivity contribution in [3.8, 4) is 45.3 Å². The van der Waals surface area contributed by atoms with E-state index < -0.39 is 6.10 Å². The molecule has 0 aliphatic heterocycles. The molecule has 0 saturated heterocycles. The Hall–Kier alpha value is -4.16. The molecule has 0 unspecified atom stereocenters. The molecule has 1 atom stereocenters. The molecule has 0 heterocycles. The molecule has 4 rings (SSSR count). The van der Waals surface area contributed by atoms with Crippen molar-refractivity contribution in [3.63, 3.8) is 0 Å². The van der Waals surface area contributed by atoms with Crippen LogP contribution in [0.25, 0.3) is 22.3 Å². The maximum Gasteiger partial charge on any atom is 0.133 e. The number of aliphatic hydroxyl groups is 1. The lowest BCUT2D eigenvalue weighted by molar-refractivity contribution is 0.117. The minimum absolute atomic E-state index is 0.139. The van der Waals surface area contributed by atoms with E-state index in [0.29, 0.717) is 22.6 Å². The van der Waals surface area contributed by atoms with Gasteiger partial charge in [-0.15, -0.1) is 0 Å². The van der Waals surface area contributed by atoms with Gasteiger partial charge in [0.25, 0.3) is 0 Å². The first-order chi connectivity index (χ1) is 17.1. The van der Waals surface area contributed by atoms with Crippen molar-refractivity contribution in [2.24, 2.45) is 0 Å². The summed E-state index contributed by atoms with van der Waals surface area (Å²) in [5, 5.41) is 25.1. The number of anilines is 1. The van der Waals surface area contributed by atoms with Gasteiger partial charge in [-0.25, -0.2) is 0 Å². The van der Waals surface area contributed by atoms with Gasteiger partial charge in [0, 0.05) is 23.4 Å². The molecule has 3 N–H and O–H groups in total. The number of rotatable bonds is 10. The summed E-state index contributed by atoms with van der Waals surface area (Å²) in [5.41, 5.74) is 3.70. The van der Waals surface area contributed by atoms with E-state index in [0.717, 1.165) is 22.6 Å². The molecule has 0 amide bonds. The number of para-hydroxylation sites is 1. The molecule has 180 valence electrons. The molecule has 4 aromatic carbocycles. The first kappa shape index (κ1) is 24.0. The third kappa shape index (κ3) is 5.86. The van der Waals surface area contributed by atoms with Crippen molar-refractivity contribution in [2.75, 3.05) is 32.7 Å². The van der Waals surface area contributed by atoms with E-state index in [1.165, 1.54) is 0 Å². The number of ether oxygens (including phenoxy) is 3. The minimum atomic E-state index is -0.748. The van der Waals surface area contributed by atoms with Crippen LogP contribution in [0.3, 0.4) is 0 Å². The van der Waals surface area contributed by atoms with Crippen LogP contribution in [0.4, 0.5) is 5.69 Å². The minimum Gasteiger partial charge on any atom is -0.507 e. The van der Waals surface area contributed by atoms with Crippen molar-refractivity contribution in [3.05, 3.63) is 91.0 Å². The summed E-state index contributed by atoms with van der Waals surface area (Å²) in [7, 11) is 3.23. The van der Waals surface area contributed by atoms with E-state index in [9.17, 15) is 10.2 Å². The highest BCUT2D eigenvalue weighted by Crippen LogP contribution is 2.43. The second-order valence-corrected chi connectivity index (χ2v) is 8.00. The quantitative estimate of drug-likeness (QED) is 0.280. The third-order valence-electron chi connectivity index (χ3n) is 5.67. The monoisotopic (exact) mass is 471 g/mol. The van der Waals surface area contributed by atoms with Gasteiger partial charge in [-0.05, 0) is 59.7 Å². The number of methoxy groups -OCH3 is 2. The zero-order chi connectivity index (χ0) is 24.6. The molecule has 0 aliphatic carbocycles. The van der Waals surface area contributed by atoms with Gasteiger partial charge in [-0.2, -0.15) is 0 Å².